The van der Waals surface area contributed by atoms with Gasteiger partial charge in [-0.2, -0.15) is 5.10 Å². The van der Waals surface area contributed by atoms with Gasteiger partial charge in [0.15, 0.2) is 0 Å². The minimum Gasteiger partial charge on any atom is -0.392 e. The molecule has 2 N–H and O–H groups in total. The first-order chi connectivity index (χ1) is 6.24. The summed E-state index contributed by atoms with van der Waals surface area (Å²) in [5, 5.41) is 12.0. The molecule has 6 heteroatoms. The molecule has 1 rings (SSSR count). The standard InChI is InChI=1S/C7H9N3O3/c11-4-2-1-3-10-7(13)9-6(12)5-8-10/h1-2,5,11H,3-4H2,(H,9,12,13)/b2-1+. The Morgan fingerprint density at radius 2 is 2.31 bits per heavy atom. The molecule has 6 nitrogen and oxygen atoms in total. The Kier molecular flexibility index (Phi) is 3.15. The van der Waals surface area contributed by atoms with E-state index in [0.29, 0.717) is 0 Å². The summed E-state index contributed by atoms with van der Waals surface area (Å²) in [6, 6.07) is 0. The second-order valence-electron chi connectivity index (χ2n) is 2.28. The molecule has 0 aliphatic rings. The predicted molar refractivity (Wildman–Crippen MR) is 45.3 cm³/mol. The van der Waals surface area contributed by atoms with Crippen LogP contribution in [-0.4, -0.2) is 26.5 Å². The fraction of sp³-hybridized carbons (Fsp3) is 0.286. The molecule has 13 heavy (non-hydrogen) atoms. The number of hydrogen-bond donors (Lipinski definition) is 2. The lowest BCUT2D eigenvalue weighted by Crippen LogP contribution is -2.31. The summed E-state index contributed by atoms with van der Waals surface area (Å²) in [5.41, 5.74) is -1.08. The second-order valence-corrected chi connectivity index (χ2v) is 2.28. The van der Waals surface area contributed by atoms with Gasteiger partial charge in [0.2, 0.25) is 0 Å². The molecule has 0 saturated heterocycles. The maximum absolute atomic E-state index is 11.0. The van der Waals surface area contributed by atoms with Gasteiger partial charge in [-0.3, -0.25) is 9.78 Å². The molecule has 0 aliphatic carbocycles. The van der Waals surface area contributed by atoms with Crippen molar-refractivity contribution >= 4 is 0 Å². The first-order valence-corrected chi connectivity index (χ1v) is 3.66. The van der Waals surface area contributed by atoms with Crippen LogP contribution in [0.15, 0.2) is 27.9 Å². The maximum atomic E-state index is 11.0. The van der Waals surface area contributed by atoms with Crippen LogP contribution in [0.1, 0.15) is 0 Å². The fourth-order valence-electron chi connectivity index (χ4n) is 0.756. The average Bonchev–Trinajstić information content (AvgIpc) is 2.09. The van der Waals surface area contributed by atoms with E-state index in [1.165, 1.54) is 6.08 Å². The van der Waals surface area contributed by atoms with Crippen molar-refractivity contribution in [1.82, 2.24) is 14.8 Å². The topological polar surface area (TPSA) is 88.0 Å². The van der Waals surface area contributed by atoms with Gasteiger partial charge in [0, 0.05) is 0 Å². The van der Waals surface area contributed by atoms with Crippen molar-refractivity contribution in [2.45, 2.75) is 6.54 Å². The molecule has 0 aliphatic heterocycles. The molecule has 0 atom stereocenters. The van der Waals surface area contributed by atoms with Crippen molar-refractivity contribution in [3.63, 3.8) is 0 Å². The van der Waals surface area contributed by atoms with E-state index in [-0.39, 0.29) is 13.2 Å². The molecular formula is C7H9N3O3. The third-order valence-electron chi connectivity index (χ3n) is 1.33. The third-order valence-corrected chi connectivity index (χ3v) is 1.33. The van der Waals surface area contributed by atoms with Gasteiger partial charge in [-0.1, -0.05) is 12.2 Å². The molecule has 0 unspecified atom stereocenters. The molecular weight excluding hydrogens is 174 g/mol. The predicted octanol–water partition coefficient (Wildman–Crippen LogP) is -1.52. The summed E-state index contributed by atoms with van der Waals surface area (Å²) in [5.74, 6) is 0. The highest BCUT2D eigenvalue weighted by molar-refractivity contribution is 4.81. The van der Waals surface area contributed by atoms with Gasteiger partial charge in [-0.05, 0) is 0 Å². The number of allylic oxidation sites excluding steroid dienone is 1. The highest BCUT2D eigenvalue weighted by Crippen LogP contribution is 1.75. The molecule has 70 valence electrons. The lowest BCUT2D eigenvalue weighted by atomic mass is 10.5. The van der Waals surface area contributed by atoms with Gasteiger partial charge >= 0.3 is 5.69 Å². The summed E-state index contributed by atoms with van der Waals surface area (Å²) in [6.45, 7) is 0.147. The molecule has 0 spiro atoms. The summed E-state index contributed by atoms with van der Waals surface area (Å²) < 4.78 is 1.08. The van der Waals surface area contributed by atoms with Crippen molar-refractivity contribution < 1.29 is 5.11 Å². The van der Waals surface area contributed by atoms with E-state index in [9.17, 15) is 9.59 Å². The van der Waals surface area contributed by atoms with Gasteiger partial charge in [-0.25, -0.2) is 9.48 Å². The van der Waals surface area contributed by atoms with Gasteiger partial charge in [0.25, 0.3) is 5.56 Å². The minimum atomic E-state index is -0.560. The van der Waals surface area contributed by atoms with Crippen molar-refractivity contribution in [3.05, 3.63) is 39.2 Å². The number of nitrogens with zero attached hydrogens (tertiary/aromatic N) is 2. The van der Waals surface area contributed by atoms with E-state index in [0.717, 1.165) is 10.9 Å². The van der Waals surface area contributed by atoms with E-state index >= 15 is 0 Å². The number of aromatic nitrogens is 3. The van der Waals surface area contributed by atoms with Gasteiger partial charge < -0.3 is 5.11 Å². The zero-order chi connectivity index (χ0) is 9.68. The number of aliphatic hydroxyl groups is 1. The number of H-pyrrole nitrogens is 1. The largest absolute Gasteiger partial charge is 0.392 e. The van der Waals surface area contributed by atoms with Crippen LogP contribution in [-0.2, 0) is 6.54 Å². The molecule has 1 aromatic heterocycles. The van der Waals surface area contributed by atoms with E-state index in [2.05, 4.69) is 10.1 Å². The Labute approximate surface area is 73.2 Å². The van der Waals surface area contributed by atoms with E-state index in [1.807, 2.05) is 0 Å². The van der Waals surface area contributed by atoms with Gasteiger partial charge in [0.05, 0.1) is 13.2 Å². The van der Waals surface area contributed by atoms with E-state index in [4.69, 9.17) is 5.11 Å². The van der Waals surface area contributed by atoms with Crippen LogP contribution in [0.4, 0.5) is 0 Å². The van der Waals surface area contributed by atoms with Gasteiger partial charge in [0.1, 0.15) is 6.20 Å². The fourth-order valence-corrected chi connectivity index (χ4v) is 0.756. The van der Waals surface area contributed by atoms with Crippen LogP contribution >= 0.6 is 0 Å². The lowest BCUT2D eigenvalue weighted by Gasteiger charge is -1.96. The molecule has 0 bridgehead atoms. The van der Waals surface area contributed by atoms with E-state index in [1.54, 1.807) is 6.08 Å². The third kappa shape index (κ3) is 2.68. The lowest BCUT2D eigenvalue weighted by molar-refractivity contribution is 0.342. The van der Waals surface area contributed by atoms with Crippen LogP contribution in [0.25, 0.3) is 0 Å². The molecule has 1 heterocycles. The number of nitrogens with one attached hydrogen (secondary N) is 1. The highest BCUT2D eigenvalue weighted by atomic mass is 16.2. The minimum absolute atomic E-state index is 0.0852. The molecule has 0 saturated carbocycles. The van der Waals surface area contributed by atoms with Crippen molar-refractivity contribution in [1.29, 1.82) is 0 Å². The smallest absolute Gasteiger partial charge is 0.345 e. The quantitative estimate of drug-likeness (QED) is 0.557. The first kappa shape index (κ1) is 9.40. The monoisotopic (exact) mass is 183 g/mol. The average molecular weight is 183 g/mol. The number of rotatable bonds is 3. The Balaban J connectivity index is 2.84. The Morgan fingerprint density at radius 1 is 1.54 bits per heavy atom. The van der Waals surface area contributed by atoms with Crippen LogP contribution in [0.3, 0.4) is 0 Å². The molecule has 0 aromatic carbocycles. The molecule has 1 aromatic rings. The van der Waals surface area contributed by atoms with E-state index < -0.39 is 11.2 Å². The van der Waals surface area contributed by atoms with Gasteiger partial charge in [-0.15, -0.1) is 0 Å². The van der Waals surface area contributed by atoms with Crippen molar-refractivity contribution in [3.8, 4) is 0 Å². The number of aromatic amines is 1. The Morgan fingerprint density at radius 3 is 2.92 bits per heavy atom. The van der Waals surface area contributed by atoms with Crippen LogP contribution in [0.5, 0.6) is 0 Å². The maximum Gasteiger partial charge on any atom is 0.345 e. The second kappa shape index (κ2) is 4.36. The van der Waals surface area contributed by atoms with Crippen molar-refractivity contribution in [2.24, 2.45) is 0 Å². The zero-order valence-corrected chi connectivity index (χ0v) is 6.80. The summed E-state index contributed by atoms with van der Waals surface area (Å²) in [7, 11) is 0. The number of hydrogen-bond acceptors (Lipinski definition) is 4. The van der Waals surface area contributed by atoms with Crippen LogP contribution in [0, 0.1) is 0 Å². The Bertz CT molecular complexity index is 404. The number of aliphatic hydroxyl groups excluding tert-OH is 1. The Hall–Kier alpha value is -1.69. The molecule has 0 amide bonds. The van der Waals surface area contributed by atoms with Crippen LogP contribution in [0.2, 0.25) is 0 Å². The SMILES string of the molecule is O=c1cnn(C/C=C/CO)c(=O)[nH]1. The molecule has 0 fully saturated rings. The van der Waals surface area contributed by atoms with Crippen LogP contribution < -0.4 is 11.2 Å². The van der Waals surface area contributed by atoms with Crippen molar-refractivity contribution in [2.75, 3.05) is 6.61 Å². The normalized spacial score (nSPS) is 10.8. The highest BCUT2D eigenvalue weighted by Gasteiger charge is 1.93. The molecule has 0 radical (unpaired) electrons. The summed E-state index contributed by atoms with van der Waals surface area (Å²) >= 11 is 0. The summed E-state index contributed by atoms with van der Waals surface area (Å²) in [4.78, 5) is 23.6. The zero-order valence-electron chi connectivity index (χ0n) is 6.80. The first-order valence-electron chi connectivity index (χ1n) is 3.66. The summed E-state index contributed by atoms with van der Waals surface area (Å²) in [6.07, 6.45) is 4.08.